The molecule has 0 spiro atoms. The number of amides is 1. The predicted molar refractivity (Wildman–Crippen MR) is 95.2 cm³/mol. The molecule has 0 aromatic heterocycles. The molecule has 0 atom stereocenters. The number of para-hydroxylation sites is 1. The normalized spacial score (nSPS) is 13.5. The number of benzene rings is 2. The Morgan fingerprint density at radius 2 is 1.83 bits per heavy atom. The van der Waals surface area contributed by atoms with E-state index in [0.717, 1.165) is 24.8 Å². The lowest BCUT2D eigenvalue weighted by atomic mass is 10.1. The topological polar surface area (TPSA) is 63.2 Å². The van der Waals surface area contributed by atoms with Gasteiger partial charge < -0.3 is 5.32 Å². The Morgan fingerprint density at radius 1 is 1.08 bits per heavy atom. The first kappa shape index (κ1) is 17.0. The first-order valence-corrected chi connectivity index (χ1v) is 9.88. The molecular weight excluding hydrogens is 346 g/mol. The third-order valence-corrected chi connectivity index (χ3v) is 6.22. The number of aryl methyl sites for hydroxylation is 2. The second-order valence-electron chi connectivity index (χ2n) is 5.88. The predicted octanol–water partition coefficient (Wildman–Crippen LogP) is 3.63. The van der Waals surface area contributed by atoms with Gasteiger partial charge in [0.1, 0.15) is 0 Å². The number of rotatable bonds is 5. The van der Waals surface area contributed by atoms with Crippen LogP contribution in [0.15, 0.2) is 47.4 Å². The fourth-order valence-corrected chi connectivity index (χ4v) is 4.33. The molecule has 4 nitrogen and oxygen atoms in total. The van der Waals surface area contributed by atoms with Crippen molar-refractivity contribution in [1.29, 1.82) is 0 Å². The van der Waals surface area contributed by atoms with Crippen LogP contribution in [0, 0.1) is 0 Å². The van der Waals surface area contributed by atoms with Crippen molar-refractivity contribution in [2.24, 2.45) is 0 Å². The lowest BCUT2D eigenvalue weighted by molar-refractivity contribution is -0.115. The molecule has 0 saturated carbocycles. The molecule has 1 amide bonds. The standard InChI is InChI=1S/C18H18ClNO3S/c19-16-6-1-2-7-17(16)20-18(21)10-11-24(22,23)15-9-8-13-4-3-5-14(13)12-15/h1-2,6-9,12H,3-5,10-11H2,(H,20,21). The minimum Gasteiger partial charge on any atom is -0.325 e. The van der Waals surface area contributed by atoms with Crippen molar-refractivity contribution in [1.82, 2.24) is 0 Å². The number of hydrogen-bond acceptors (Lipinski definition) is 3. The molecule has 2 aromatic carbocycles. The van der Waals surface area contributed by atoms with E-state index in [1.165, 1.54) is 5.56 Å². The SMILES string of the molecule is O=C(CCS(=O)(=O)c1ccc2c(c1)CCC2)Nc1ccccc1Cl. The van der Waals surface area contributed by atoms with Crippen LogP contribution in [0.25, 0.3) is 0 Å². The summed E-state index contributed by atoms with van der Waals surface area (Å²) in [5.74, 6) is -0.588. The van der Waals surface area contributed by atoms with E-state index >= 15 is 0 Å². The van der Waals surface area contributed by atoms with E-state index < -0.39 is 9.84 Å². The van der Waals surface area contributed by atoms with E-state index in [9.17, 15) is 13.2 Å². The number of halogens is 1. The molecule has 0 unspecified atom stereocenters. The largest absolute Gasteiger partial charge is 0.325 e. The van der Waals surface area contributed by atoms with Gasteiger partial charge in [0.25, 0.3) is 0 Å². The highest BCUT2D eigenvalue weighted by Crippen LogP contribution is 2.25. The van der Waals surface area contributed by atoms with Crippen molar-refractivity contribution < 1.29 is 13.2 Å². The minimum absolute atomic E-state index is 0.107. The van der Waals surface area contributed by atoms with Crippen molar-refractivity contribution in [3.8, 4) is 0 Å². The van der Waals surface area contributed by atoms with Gasteiger partial charge in [-0.05, 0) is 54.7 Å². The van der Waals surface area contributed by atoms with Gasteiger partial charge in [0.2, 0.25) is 5.91 Å². The van der Waals surface area contributed by atoms with Crippen LogP contribution in [-0.2, 0) is 27.5 Å². The van der Waals surface area contributed by atoms with E-state index in [-0.39, 0.29) is 18.1 Å². The lowest BCUT2D eigenvalue weighted by Crippen LogP contribution is -2.17. The number of nitrogens with one attached hydrogen (secondary N) is 1. The van der Waals surface area contributed by atoms with Gasteiger partial charge in [-0.25, -0.2) is 8.42 Å². The smallest absolute Gasteiger partial charge is 0.225 e. The highest BCUT2D eigenvalue weighted by molar-refractivity contribution is 7.91. The zero-order valence-electron chi connectivity index (χ0n) is 13.1. The number of anilines is 1. The molecule has 24 heavy (non-hydrogen) atoms. The zero-order valence-corrected chi connectivity index (χ0v) is 14.7. The van der Waals surface area contributed by atoms with Crippen molar-refractivity contribution in [3.05, 3.63) is 58.6 Å². The van der Waals surface area contributed by atoms with E-state index in [1.807, 2.05) is 6.07 Å². The lowest BCUT2D eigenvalue weighted by Gasteiger charge is -2.09. The number of fused-ring (bicyclic) bond motifs is 1. The maximum atomic E-state index is 12.4. The second kappa shape index (κ2) is 6.95. The molecule has 126 valence electrons. The van der Waals surface area contributed by atoms with Crippen LogP contribution < -0.4 is 5.32 Å². The van der Waals surface area contributed by atoms with E-state index in [4.69, 9.17) is 11.6 Å². The van der Waals surface area contributed by atoms with E-state index in [2.05, 4.69) is 5.32 Å². The minimum atomic E-state index is -3.47. The Bertz CT molecular complexity index is 878. The maximum absolute atomic E-state index is 12.4. The molecule has 0 radical (unpaired) electrons. The molecule has 1 aliphatic rings. The van der Waals surface area contributed by atoms with Crippen LogP contribution in [0.1, 0.15) is 24.0 Å². The van der Waals surface area contributed by atoms with Crippen molar-refractivity contribution in [3.63, 3.8) is 0 Å². The molecule has 1 aliphatic carbocycles. The summed E-state index contributed by atoms with van der Waals surface area (Å²) < 4.78 is 24.9. The Morgan fingerprint density at radius 3 is 2.62 bits per heavy atom. The van der Waals surface area contributed by atoms with Crippen LogP contribution in [0.4, 0.5) is 5.69 Å². The van der Waals surface area contributed by atoms with Gasteiger partial charge in [-0.3, -0.25) is 4.79 Å². The fourth-order valence-electron chi connectivity index (χ4n) is 2.86. The average Bonchev–Trinajstić information content (AvgIpc) is 3.03. The molecule has 0 bridgehead atoms. The fraction of sp³-hybridized carbons (Fsp3) is 0.278. The highest BCUT2D eigenvalue weighted by atomic mass is 35.5. The first-order chi connectivity index (χ1) is 11.5. The third kappa shape index (κ3) is 3.79. The molecule has 0 saturated heterocycles. The van der Waals surface area contributed by atoms with Crippen molar-refractivity contribution in [2.45, 2.75) is 30.6 Å². The summed E-state index contributed by atoms with van der Waals surface area (Å²) in [6.45, 7) is 0. The Labute approximate surface area is 146 Å². The Balaban J connectivity index is 1.65. The Kier molecular flexibility index (Phi) is 4.92. The molecule has 6 heteroatoms. The van der Waals surface area contributed by atoms with Gasteiger partial charge in [-0.15, -0.1) is 0 Å². The molecule has 3 rings (SSSR count). The number of sulfone groups is 1. The molecule has 0 aliphatic heterocycles. The summed E-state index contributed by atoms with van der Waals surface area (Å²) in [6, 6.07) is 12.1. The zero-order chi connectivity index (χ0) is 17.2. The quantitative estimate of drug-likeness (QED) is 0.882. The van der Waals surface area contributed by atoms with Crippen LogP contribution >= 0.6 is 11.6 Å². The number of carbonyl (C=O) groups excluding carboxylic acids is 1. The highest BCUT2D eigenvalue weighted by Gasteiger charge is 2.20. The van der Waals surface area contributed by atoms with Gasteiger partial charge in [0, 0.05) is 6.42 Å². The van der Waals surface area contributed by atoms with E-state index in [1.54, 1.807) is 36.4 Å². The molecule has 1 N–H and O–H groups in total. The summed E-state index contributed by atoms with van der Waals surface area (Å²) in [5.41, 5.74) is 2.82. The number of carbonyl (C=O) groups is 1. The summed E-state index contributed by atoms with van der Waals surface area (Å²) >= 11 is 5.98. The molecule has 0 fully saturated rings. The van der Waals surface area contributed by atoms with Gasteiger partial charge in [-0.2, -0.15) is 0 Å². The van der Waals surface area contributed by atoms with Crippen molar-refractivity contribution in [2.75, 3.05) is 11.1 Å². The van der Waals surface area contributed by atoms with E-state index in [0.29, 0.717) is 15.6 Å². The Hall–Kier alpha value is -1.85. The summed E-state index contributed by atoms with van der Waals surface area (Å²) in [4.78, 5) is 12.3. The molecule has 0 heterocycles. The molecular formula is C18H18ClNO3S. The van der Waals surface area contributed by atoms with Gasteiger partial charge in [-0.1, -0.05) is 29.8 Å². The molecule has 2 aromatic rings. The monoisotopic (exact) mass is 363 g/mol. The second-order valence-corrected chi connectivity index (χ2v) is 8.40. The van der Waals surface area contributed by atoms with Gasteiger partial charge in [0.15, 0.2) is 9.84 Å². The first-order valence-electron chi connectivity index (χ1n) is 7.85. The summed E-state index contributed by atoms with van der Waals surface area (Å²) in [5, 5.41) is 3.06. The summed E-state index contributed by atoms with van der Waals surface area (Å²) in [7, 11) is -3.47. The van der Waals surface area contributed by atoms with Gasteiger partial charge >= 0.3 is 0 Å². The van der Waals surface area contributed by atoms with Crippen LogP contribution in [-0.4, -0.2) is 20.1 Å². The van der Waals surface area contributed by atoms with Crippen LogP contribution in [0.3, 0.4) is 0 Å². The average molecular weight is 364 g/mol. The maximum Gasteiger partial charge on any atom is 0.225 e. The van der Waals surface area contributed by atoms with Crippen LogP contribution in [0.5, 0.6) is 0 Å². The van der Waals surface area contributed by atoms with Crippen molar-refractivity contribution >= 4 is 33.0 Å². The third-order valence-electron chi connectivity index (χ3n) is 4.17. The van der Waals surface area contributed by atoms with Gasteiger partial charge in [0.05, 0.1) is 21.4 Å². The van der Waals surface area contributed by atoms with Crippen LogP contribution in [0.2, 0.25) is 5.02 Å². The number of hydrogen-bond donors (Lipinski definition) is 1. The summed E-state index contributed by atoms with van der Waals surface area (Å²) in [6.07, 6.45) is 2.89.